The van der Waals surface area contributed by atoms with Crippen molar-refractivity contribution in [2.45, 2.75) is 12.8 Å². The van der Waals surface area contributed by atoms with Crippen LogP contribution in [0.1, 0.15) is 23.2 Å². The Morgan fingerprint density at radius 3 is 3.12 bits per heavy atom. The fraction of sp³-hybridized carbons (Fsp3) is 0.500. The fourth-order valence-electron chi connectivity index (χ4n) is 1.82. The lowest BCUT2D eigenvalue weighted by atomic mass is 10.0. The van der Waals surface area contributed by atoms with Crippen molar-refractivity contribution in [2.24, 2.45) is 5.92 Å². The number of hydrogen-bond donors (Lipinski definition) is 1. The summed E-state index contributed by atoms with van der Waals surface area (Å²) in [6.07, 6.45) is 3.66. The Balaban J connectivity index is 1.82. The van der Waals surface area contributed by atoms with E-state index in [-0.39, 0.29) is 5.91 Å². The first-order valence-electron chi connectivity index (χ1n) is 5.73. The van der Waals surface area contributed by atoms with Gasteiger partial charge < -0.3 is 10.1 Å². The first-order chi connectivity index (χ1) is 8.25. The molecule has 0 radical (unpaired) electrons. The van der Waals surface area contributed by atoms with Crippen LogP contribution in [-0.2, 0) is 4.74 Å². The quantitative estimate of drug-likeness (QED) is 0.838. The molecule has 17 heavy (non-hydrogen) atoms. The highest BCUT2D eigenvalue weighted by Gasteiger charge is 2.15. The molecule has 1 amide bonds. The van der Waals surface area contributed by atoms with E-state index in [0.717, 1.165) is 26.1 Å². The lowest BCUT2D eigenvalue weighted by molar-refractivity contribution is 0.0536. The third kappa shape index (κ3) is 3.68. The fourth-order valence-corrected chi connectivity index (χ4v) is 1.93. The summed E-state index contributed by atoms with van der Waals surface area (Å²) in [6, 6.07) is 3.28. The summed E-state index contributed by atoms with van der Waals surface area (Å²) in [7, 11) is 0. The lowest BCUT2D eigenvalue weighted by Gasteiger charge is -2.22. The van der Waals surface area contributed by atoms with Crippen molar-refractivity contribution in [2.75, 3.05) is 19.8 Å². The second-order valence-corrected chi connectivity index (χ2v) is 4.55. The summed E-state index contributed by atoms with van der Waals surface area (Å²) < 4.78 is 5.35. The van der Waals surface area contributed by atoms with Gasteiger partial charge in [0.15, 0.2) is 0 Å². The summed E-state index contributed by atoms with van der Waals surface area (Å²) in [5.41, 5.74) is 0.533. The van der Waals surface area contributed by atoms with Crippen LogP contribution in [0.15, 0.2) is 18.3 Å². The minimum Gasteiger partial charge on any atom is -0.381 e. The first-order valence-corrected chi connectivity index (χ1v) is 6.11. The molecule has 1 aromatic heterocycles. The molecule has 0 bridgehead atoms. The highest BCUT2D eigenvalue weighted by molar-refractivity contribution is 6.29. The van der Waals surface area contributed by atoms with Crippen LogP contribution in [0.3, 0.4) is 0 Å². The molecule has 0 aromatic carbocycles. The van der Waals surface area contributed by atoms with Gasteiger partial charge in [-0.25, -0.2) is 4.98 Å². The van der Waals surface area contributed by atoms with E-state index in [9.17, 15) is 4.79 Å². The molecule has 5 heteroatoms. The molecule has 1 atom stereocenters. The van der Waals surface area contributed by atoms with E-state index in [2.05, 4.69) is 10.3 Å². The maximum atomic E-state index is 11.8. The van der Waals surface area contributed by atoms with Crippen LogP contribution in [-0.4, -0.2) is 30.6 Å². The summed E-state index contributed by atoms with van der Waals surface area (Å²) >= 11 is 5.66. The highest BCUT2D eigenvalue weighted by Crippen LogP contribution is 2.12. The predicted molar refractivity (Wildman–Crippen MR) is 65.1 cm³/mol. The van der Waals surface area contributed by atoms with Crippen LogP contribution in [0.25, 0.3) is 0 Å². The van der Waals surface area contributed by atoms with Crippen LogP contribution >= 0.6 is 11.6 Å². The van der Waals surface area contributed by atoms with E-state index < -0.39 is 0 Å². The summed E-state index contributed by atoms with van der Waals surface area (Å²) in [5.74, 6) is 0.313. The molecule has 4 nitrogen and oxygen atoms in total. The Bertz CT molecular complexity index is 375. The molecule has 1 N–H and O–H groups in total. The Hall–Kier alpha value is -1.13. The monoisotopic (exact) mass is 254 g/mol. The smallest absolute Gasteiger partial charge is 0.252 e. The number of carbonyl (C=O) groups excluding carboxylic acids is 1. The Labute approximate surface area is 105 Å². The number of ether oxygens (including phenoxy) is 1. The van der Waals surface area contributed by atoms with Gasteiger partial charge in [-0.2, -0.15) is 0 Å². The van der Waals surface area contributed by atoms with Crippen LogP contribution in [0.2, 0.25) is 5.15 Å². The molecular weight excluding hydrogens is 240 g/mol. The van der Waals surface area contributed by atoms with Crippen LogP contribution < -0.4 is 5.32 Å². The first kappa shape index (κ1) is 12.3. The predicted octanol–water partition coefficient (Wildman–Crippen LogP) is 1.89. The van der Waals surface area contributed by atoms with Crippen molar-refractivity contribution in [3.63, 3.8) is 0 Å². The van der Waals surface area contributed by atoms with Crippen molar-refractivity contribution < 1.29 is 9.53 Å². The van der Waals surface area contributed by atoms with Gasteiger partial charge in [-0.05, 0) is 30.9 Å². The molecule has 2 heterocycles. The van der Waals surface area contributed by atoms with E-state index in [1.165, 1.54) is 6.20 Å². The summed E-state index contributed by atoms with van der Waals surface area (Å²) in [5, 5.41) is 3.28. The van der Waals surface area contributed by atoms with Gasteiger partial charge in [-0.1, -0.05) is 11.6 Å². The molecule has 0 spiro atoms. The number of hydrogen-bond acceptors (Lipinski definition) is 3. The van der Waals surface area contributed by atoms with E-state index in [1.807, 2.05) is 0 Å². The van der Waals surface area contributed by atoms with Crippen molar-refractivity contribution in [3.8, 4) is 0 Å². The SMILES string of the molecule is O=C(NCC1CCCOC1)c1ccc(Cl)nc1. The maximum absolute atomic E-state index is 11.8. The number of pyridine rings is 1. The van der Waals surface area contributed by atoms with Gasteiger partial charge in [0.05, 0.1) is 12.2 Å². The standard InChI is InChI=1S/C12H15ClN2O2/c13-11-4-3-10(7-14-11)12(16)15-6-9-2-1-5-17-8-9/h3-4,7,9H,1-2,5-6,8H2,(H,15,16). The molecule has 1 aliphatic heterocycles. The van der Waals surface area contributed by atoms with E-state index in [1.54, 1.807) is 12.1 Å². The minimum atomic E-state index is -0.111. The molecule has 0 saturated carbocycles. The van der Waals surface area contributed by atoms with E-state index in [4.69, 9.17) is 16.3 Å². The number of carbonyl (C=O) groups is 1. The lowest BCUT2D eigenvalue weighted by Crippen LogP contribution is -2.33. The summed E-state index contributed by atoms with van der Waals surface area (Å²) in [4.78, 5) is 15.6. The van der Waals surface area contributed by atoms with Gasteiger partial charge >= 0.3 is 0 Å². The summed E-state index contributed by atoms with van der Waals surface area (Å²) in [6.45, 7) is 2.23. The molecular formula is C12H15ClN2O2. The van der Waals surface area contributed by atoms with Crippen molar-refractivity contribution in [1.82, 2.24) is 10.3 Å². The van der Waals surface area contributed by atoms with Crippen molar-refractivity contribution in [1.29, 1.82) is 0 Å². The normalized spacial score (nSPS) is 19.9. The van der Waals surface area contributed by atoms with E-state index in [0.29, 0.717) is 23.2 Å². The zero-order chi connectivity index (χ0) is 12.1. The van der Waals surface area contributed by atoms with E-state index >= 15 is 0 Å². The Kier molecular flexibility index (Phi) is 4.34. The molecule has 1 aromatic rings. The molecule has 1 unspecified atom stereocenters. The average Bonchev–Trinajstić information content (AvgIpc) is 2.38. The maximum Gasteiger partial charge on any atom is 0.252 e. The van der Waals surface area contributed by atoms with Crippen LogP contribution in [0.4, 0.5) is 0 Å². The Morgan fingerprint density at radius 2 is 2.47 bits per heavy atom. The third-order valence-electron chi connectivity index (χ3n) is 2.80. The van der Waals surface area contributed by atoms with Gasteiger partial charge in [-0.3, -0.25) is 4.79 Å². The molecule has 1 saturated heterocycles. The number of nitrogens with zero attached hydrogens (tertiary/aromatic N) is 1. The van der Waals surface area contributed by atoms with Crippen molar-refractivity contribution >= 4 is 17.5 Å². The minimum absolute atomic E-state index is 0.111. The molecule has 2 rings (SSSR count). The van der Waals surface area contributed by atoms with Gasteiger partial charge in [0, 0.05) is 19.3 Å². The number of amides is 1. The zero-order valence-corrected chi connectivity index (χ0v) is 10.2. The van der Waals surface area contributed by atoms with Crippen LogP contribution in [0.5, 0.6) is 0 Å². The average molecular weight is 255 g/mol. The van der Waals surface area contributed by atoms with Gasteiger partial charge in [0.2, 0.25) is 0 Å². The van der Waals surface area contributed by atoms with Gasteiger partial charge in [-0.15, -0.1) is 0 Å². The number of aromatic nitrogens is 1. The molecule has 92 valence electrons. The largest absolute Gasteiger partial charge is 0.381 e. The van der Waals surface area contributed by atoms with Gasteiger partial charge in [0.1, 0.15) is 5.15 Å². The second-order valence-electron chi connectivity index (χ2n) is 4.16. The Morgan fingerprint density at radius 1 is 1.59 bits per heavy atom. The molecule has 1 aliphatic rings. The second kappa shape index (κ2) is 5.98. The third-order valence-corrected chi connectivity index (χ3v) is 3.02. The van der Waals surface area contributed by atoms with Crippen LogP contribution in [0, 0.1) is 5.92 Å². The number of halogens is 1. The van der Waals surface area contributed by atoms with Crippen molar-refractivity contribution in [3.05, 3.63) is 29.0 Å². The zero-order valence-electron chi connectivity index (χ0n) is 9.49. The molecule has 0 aliphatic carbocycles. The number of rotatable bonds is 3. The highest BCUT2D eigenvalue weighted by atomic mass is 35.5. The topological polar surface area (TPSA) is 51.2 Å². The number of nitrogens with one attached hydrogen (secondary N) is 1. The molecule has 1 fully saturated rings. The van der Waals surface area contributed by atoms with Gasteiger partial charge in [0.25, 0.3) is 5.91 Å².